The summed E-state index contributed by atoms with van der Waals surface area (Å²) in [5.74, 6) is 0. The predicted molar refractivity (Wildman–Crippen MR) is 103 cm³/mol. The van der Waals surface area contributed by atoms with Gasteiger partial charge in [-0.3, -0.25) is 0 Å². The maximum Gasteiger partial charge on any atom is 0.0395 e. The van der Waals surface area contributed by atoms with Crippen LogP contribution >= 0.6 is 22.6 Å². The highest BCUT2D eigenvalue weighted by molar-refractivity contribution is 14.1. The first-order valence-electron chi connectivity index (χ1n) is 7.48. The number of hydrogen-bond donors (Lipinski definition) is 1. The topological polar surface area (TPSA) is 23.9 Å². The van der Waals surface area contributed by atoms with Crippen molar-refractivity contribution < 1.29 is 0 Å². The number of nitrogens with one attached hydrogen (secondary N) is 1. The molecule has 0 saturated heterocycles. The third-order valence-electron chi connectivity index (χ3n) is 4.07. The van der Waals surface area contributed by atoms with Gasteiger partial charge in [-0.1, -0.05) is 54.6 Å². The summed E-state index contributed by atoms with van der Waals surface area (Å²) in [5, 5.41) is 10.7. The molecule has 0 aromatic heterocycles. The summed E-state index contributed by atoms with van der Waals surface area (Å²) in [4.78, 5) is 0. The van der Waals surface area contributed by atoms with E-state index in [1.54, 1.807) is 0 Å². The van der Waals surface area contributed by atoms with E-state index in [4.69, 9.17) is 5.41 Å². The lowest BCUT2D eigenvalue weighted by Gasteiger charge is -2.11. The standard InChI is InChI=1S/C20H18IN/c1-14(16-9-4-6-12-19(16)21)15-8-2-3-10-17(15)18-11-5-7-13-20(18)22/h2-6,8-12,22H,7,13H2,1H3/b15-14+,18-17-,22-20?. The zero-order valence-corrected chi connectivity index (χ0v) is 14.7. The number of hydrogen-bond acceptors (Lipinski definition) is 1. The minimum Gasteiger partial charge on any atom is -0.305 e. The predicted octanol–water partition coefficient (Wildman–Crippen LogP) is 4.03. The van der Waals surface area contributed by atoms with Crippen molar-refractivity contribution in [2.45, 2.75) is 19.8 Å². The highest BCUT2D eigenvalue weighted by atomic mass is 127. The molecule has 0 atom stereocenters. The van der Waals surface area contributed by atoms with Crippen LogP contribution in [-0.2, 0) is 0 Å². The smallest absolute Gasteiger partial charge is 0.0395 e. The summed E-state index contributed by atoms with van der Waals surface area (Å²) in [6.45, 7) is 2.17. The van der Waals surface area contributed by atoms with Gasteiger partial charge >= 0.3 is 0 Å². The molecule has 22 heavy (non-hydrogen) atoms. The van der Waals surface area contributed by atoms with E-state index < -0.39 is 0 Å². The van der Waals surface area contributed by atoms with Crippen LogP contribution in [0.15, 0.2) is 60.7 Å². The first kappa shape index (κ1) is 15.2. The van der Waals surface area contributed by atoms with Crippen LogP contribution in [0.3, 0.4) is 0 Å². The molecule has 1 nitrogen and oxygen atoms in total. The molecule has 1 N–H and O–H groups in total. The van der Waals surface area contributed by atoms with Crippen molar-refractivity contribution in [2.24, 2.45) is 0 Å². The zero-order chi connectivity index (χ0) is 15.5. The number of benzene rings is 2. The Morgan fingerprint density at radius 3 is 2.55 bits per heavy atom. The van der Waals surface area contributed by atoms with E-state index in [0.717, 1.165) is 24.1 Å². The average molecular weight is 399 g/mol. The van der Waals surface area contributed by atoms with Crippen molar-refractivity contribution in [1.29, 1.82) is 5.41 Å². The van der Waals surface area contributed by atoms with Gasteiger partial charge in [0.15, 0.2) is 0 Å². The molecule has 0 aliphatic heterocycles. The van der Waals surface area contributed by atoms with E-state index in [0.29, 0.717) is 0 Å². The molecule has 0 radical (unpaired) electrons. The Labute approximate surface area is 144 Å². The molecule has 2 heteroatoms. The molecule has 2 aromatic carbocycles. The van der Waals surface area contributed by atoms with Crippen LogP contribution in [0, 0.1) is 8.98 Å². The maximum absolute atomic E-state index is 8.27. The lowest BCUT2D eigenvalue weighted by molar-refractivity contribution is 1.08. The van der Waals surface area contributed by atoms with Gasteiger partial charge in [-0.25, -0.2) is 0 Å². The Kier molecular flexibility index (Phi) is 4.57. The Hall–Kier alpha value is -1.68. The van der Waals surface area contributed by atoms with Crippen LogP contribution < -0.4 is 10.4 Å². The Balaban J connectivity index is 2.39. The summed E-state index contributed by atoms with van der Waals surface area (Å²) in [6.07, 6.45) is 6.09. The van der Waals surface area contributed by atoms with Gasteiger partial charge in [0.05, 0.1) is 0 Å². The molecule has 0 bridgehead atoms. The minimum atomic E-state index is 0.741. The fourth-order valence-electron chi connectivity index (χ4n) is 2.87. The molecule has 0 saturated carbocycles. The van der Waals surface area contributed by atoms with Gasteiger partial charge in [0, 0.05) is 14.9 Å². The van der Waals surface area contributed by atoms with E-state index in [2.05, 4.69) is 90.2 Å². The number of rotatable bonds is 1. The SMILES string of the molecule is C/C(c1ccccc1I)=c1/cccc/c1=C1\C=CCCC1=N. The molecule has 3 rings (SSSR count). The second-order valence-electron chi connectivity index (χ2n) is 5.48. The molecule has 2 aromatic rings. The van der Waals surface area contributed by atoms with Crippen molar-refractivity contribution in [3.8, 4) is 0 Å². The molecular formula is C20H18IN. The molecule has 1 aliphatic rings. The average Bonchev–Trinajstić information content (AvgIpc) is 2.55. The van der Waals surface area contributed by atoms with Gasteiger partial charge in [0.25, 0.3) is 0 Å². The van der Waals surface area contributed by atoms with E-state index in [1.807, 2.05) is 0 Å². The van der Waals surface area contributed by atoms with Crippen LogP contribution in [0.5, 0.6) is 0 Å². The molecule has 0 fully saturated rings. The van der Waals surface area contributed by atoms with Crippen LogP contribution in [0.4, 0.5) is 0 Å². The molecule has 0 unspecified atom stereocenters. The summed E-state index contributed by atoms with van der Waals surface area (Å²) in [7, 11) is 0. The number of halogens is 1. The van der Waals surface area contributed by atoms with Crippen molar-refractivity contribution in [2.75, 3.05) is 0 Å². The van der Waals surface area contributed by atoms with Crippen molar-refractivity contribution in [3.63, 3.8) is 0 Å². The fraction of sp³-hybridized carbons (Fsp3) is 0.150. The first-order chi connectivity index (χ1) is 10.7. The second kappa shape index (κ2) is 6.61. The maximum atomic E-state index is 8.27. The van der Waals surface area contributed by atoms with Crippen LogP contribution in [0.25, 0.3) is 11.1 Å². The van der Waals surface area contributed by atoms with E-state index in [1.165, 1.54) is 25.1 Å². The summed E-state index contributed by atoms with van der Waals surface area (Å²) < 4.78 is 1.26. The van der Waals surface area contributed by atoms with Gasteiger partial charge in [0.2, 0.25) is 0 Å². The van der Waals surface area contributed by atoms with Crippen LogP contribution in [0.2, 0.25) is 0 Å². The minimum absolute atomic E-state index is 0.741. The molecular weight excluding hydrogens is 381 g/mol. The Morgan fingerprint density at radius 1 is 1.05 bits per heavy atom. The molecule has 110 valence electrons. The first-order valence-corrected chi connectivity index (χ1v) is 8.56. The Bertz CT molecular complexity index is 875. The summed E-state index contributed by atoms with van der Waals surface area (Å²) >= 11 is 2.39. The van der Waals surface area contributed by atoms with Gasteiger partial charge in [-0.05, 0) is 70.0 Å². The quantitative estimate of drug-likeness (QED) is 0.701. The molecule has 0 amide bonds. The fourth-order valence-corrected chi connectivity index (χ4v) is 3.66. The van der Waals surface area contributed by atoms with Gasteiger partial charge in [-0.2, -0.15) is 0 Å². The lowest BCUT2D eigenvalue weighted by Crippen LogP contribution is -2.31. The lowest BCUT2D eigenvalue weighted by atomic mass is 9.95. The van der Waals surface area contributed by atoms with E-state index >= 15 is 0 Å². The normalized spacial score (nSPS) is 18.4. The van der Waals surface area contributed by atoms with Crippen molar-refractivity contribution in [3.05, 3.63) is 80.3 Å². The number of allylic oxidation sites excluding steroid dienone is 2. The van der Waals surface area contributed by atoms with E-state index in [-0.39, 0.29) is 0 Å². The van der Waals surface area contributed by atoms with Gasteiger partial charge in [-0.15, -0.1) is 0 Å². The van der Waals surface area contributed by atoms with E-state index in [9.17, 15) is 0 Å². The zero-order valence-electron chi connectivity index (χ0n) is 12.6. The summed E-state index contributed by atoms with van der Waals surface area (Å²) in [5.41, 5.74) is 4.33. The third-order valence-corrected chi connectivity index (χ3v) is 5.01. The summed E-state index contributed by atoms with van der Waals surface area (Å²) in [6, 6.07) is 16.9. The van der Waals surface area contributed by atoms with Crippen LogP contribution in [0.1, 0.15) is 25.3 Å². The van der Waals surface area contributed by atoms with Crippen molar-refractivity contribution >= 4 is 39.4 Å². The molecule has 0 spiro atoms. The monoisotopic (exact) mass is 399 g/mol. The molecule has 0 heterocycles. The second-order valence-corrected chi connectivity index (χ2v) is 6.65. The Morgan fingerprint density at radius 2 is 1.77 bits per heavy atom. The van der Waals surface area contributed by atoms with Crippen molar-refractivity contribution in [1.82, 2.24) is 0 Å². The third kappa shape index (κ3) is 2.93. The van der Waals surface area contributed by atoms with Gasteiger partial charge < -0.3 is 5.41 Å². The highest BCUT2D eigenvalue weighted by Gasteiger charge is 2.09. The largest absolute Gasteiger partial charge is 0.305 e. The molecule has 1 aliphatic carbocycles. The van der Waals surface area contributed by atoms with Crippen LogP contribution in [-0.4, -0.2) is 5.71 Å². The highest BCUT2D eigenvalue weighted by Crippen LogP contribution is 2.18. The van der Waals surface area contributed by atoms with Gasteiger partial charge in [0.1, 0.15) is 0 Å².